The fourth-order valence-electron chi connectivity index (χ4n) is 4.39. The first-order chi connectivity index (χ1) is 19.9. The van der Waals surface area contributed by atoms with Crippen LogP contribution in [-0.4, -0.2) is 43.9 Å². The summed E-state index contributed by atoms with van der Waals surface area (Å²) in [4.78, 5) is 44.5. The second-order valence-electron chi connectivity index (χ2n) is 8.89. The molecule has 3 heterocycles. The van der Waals surface area contributed by atoms with Crippen LogP contribution in [0.5, 0.6) is 11.5 Å². The molecule has 0 N–H and O–H groups in total. The minimum atomic E-state index is -0.837. The van der Waals surface area contributed by atoms with Gasteiger partial charge in [0.1, 0.15) is 18.1 Å². The lowest BCUT2D eigenvalue weighted by Crippen LogP contribution is -2.40. The van der Waals surface area contributed by atoms with Crippen molar-refractivity contribution in [2.45, 2.75) is 13.0 Å². The molecule has 11 heteroatoms. The van der Waals surface area contributed by atoms with Crippen LogP contribution in [0.1, 0.15) is 34.6 Å². The molecule has 1 aliphatic rings. The number of methoxy groups -OCH3 is 2. The lowest BCUT2D eigenvalue weighted by atomic mass is 9.96. The Bertz CT molecular complexity index is 1780. The number of hydrogen-bond donors (Lipinski definition) is 0. The minimum absolute atomic E-state index is 0.0404. The van der Waals surface area contributed by atoms with Crippen LogP contribution in [0.25, 0.3) is 6.08 Å². The molecule has 10 nitrogen and oxygen atoms in total. The molecule has 1 atom stereocenters. The molecule has 210 valence electrons. The van der Waals surface area contributed by atoms with Crippen molar-refractivity contribution in [2.75, 3.05) is 27.4 Å². The van der Waals surface area contributed by atoms with Crippen LogP contribution in [0.4, 0.5) is 0 Å². The molecule has 0 spiro atoms. The van der Waals surface area contributed by atoms with E-state index < -0.39 is 18.0 Å². The second kappa shape index (κ2) is 12.2. The number of aromatic nitrogens is 1. The molecule has 2 aromatic heterocycles. The Balaban J connectivity index is 1.58. The normalized spacial score (nSPS) is 14.8. The average Bonchev–Trinajstić information content (AvgIpc) is 3.62. The molecule has 0 amide bonds. The number of nitrogens with zero attached hydrogens (tertiary/aromatic N) is 2. The molecule has 0 saturated heterocycles. The number of carbonyl (C=O) groups is 2. The first-order valence-corrected chi connectivity index (χ1v) is 13.4. The Morgan fingerprint density at radius 2 is 1.80 bits per heavy atom. The van der Waals surface area contributed by atoms with Crippen molar-refractivity contribution < 1.29 is 33.0 Å². The molecule has 2 aromatic carbocycles. The summed E-state index contributed by atoms with van der Waals surface area (Å²) in [5, 5.41) is 0. The molecule has 0 saturated carbocycles. The van der Waals surface area contributed by atoms with Crippen molar-refractivity contribution in [2.24, 2.45) is 4.99 Å². The van der Waals surface area contributed by atoms with Gasteiger partial charge in [0.05, 0.1) is 41.8 Å². The molecule has 0 fully saturated rings. The van der Waals surface area contributed by atoms with Gasteiger partial charge in [-0.3, -0.25) is 9.36 Å². The highest BCUT2D eigenvalue weighted by Crippen LogP contribution is 2.32. The molecule has 0 unspecified atom stereocenters. The summed E-state index contributed by atoms with van der Waals surface area (Å²) in [6.07, 6.45) is 3.12. The summed E-state index contributed by atoms with van der Waals surface area (Å²) in [5.41, 5.74) is 1.65. The third kappa shape index (κ3) is 5.76. The van der Waals surface area contributed by atoms with E-state index in [1.165, 1.54) is 35.3 Å². The average molecular weight is 575 g/mol. The van der Waals surface area contributed by atoms with Gasteiger partial charge >= 0.3 is 11.9 Å². The SMILES string of the molecule is COCCOC(=O)C1=C(C)N=c2s/c(=C\c3ccccc3OC)c(=O)n2[C@H]1c1ccc(OC(=O)c2ccco2)cc1. The quantitative estimate of drug-likeness (QED) is 0.170. The zero-order valence-electron chi connectivity index (χ0n) is 22.5. The summed E-state index contributed by atoms with van der Waals surface area (Å²) in [7, 11) is 3.07. The van der Waals surface area contributed by atoms with Gasteiger partial charge in [0.25, 0.3) is 5.56 Å². The number of rotatable bonds is 9. The first-order valence-electron chi connectivity index (χ1n) is 12.6. The van der Waals surface area contributed by atoms with E-state index >= 15 is 0 Å². The Morgan fingerprint density at radius 3 is 2.51 bits per heavy atom. The van der Waals surface area contributed by atoms with Gasteiger partial charge in [0.15, 0.2) is 4.80 Å². The van der Waals surface area contributed by atoms with Crippen LogP contribution >= 0.6 is 11.3 Å². The molecule has 5 rings (SSSR count). The van der Waals surface area contributed by atoms with Crippen LogP contribution < -0.4 is 24.4 Å². The molecule has 0 radical (unpaired) electrons. The number of carbonyl (C=O) groups excluding carboxylic acids is 2. The summed E-state index contributed by atoms with van der Waals surface area (Å²) >= 11 is 1.21. The van der Waals surface area contributed by atoms with Crippen molar-refractivity contribution in [1.29, 1.82) is 0 Å². The number of para-hydroxylation sites is 1. The lowest BCUT2D eigenvalue weighted by molar-refractivity contribution is -0.140. The number of allylic oxidation sites excluding steroid dienone is 1. The molecule has 1 aliphatic heterocycles. The number of furan rings is 1. The van der Waals surface area contributed by atoms with Gasteiger partial charge in [-0.25, -0.2) is 14.6 Å². The van der Waals surface area contributed by atoms with Crippen LogP contribution in [0.3, 0.4) is 0 Å². The number of benzene rings is 2. The topological polar surface area (TPSA) is 119 Å². The summed E-state index contributed by atoms with van der Waals surface area (Å²) in [5.74, 6) is -0.307. The van der Waals surface area contributed by atoms with Crippen LogP contribution in [0.2, 0.25) is 0 Å². The maximum Gasteiger partial charge on any atom is 0.379 e. The van der Waals surface area contributed by atoms with Crippen molar-refractivity contribution in [3.8, 4) is 11.5 Å². The van der Waals surface area contributed by atoms with Gasteiger partial charge in [-0.1, -0.05) is 41.7 Å². The number of ether oxygens (including phenoxy) is 4. The van der Waals surface area contributed by atoms with E-state index in [1.54, 1.807) is 50.4 Å². The lowest BCUT2D eigenvalue weighted by Gasteiger charge is -2.25. The maximum absolute atomic E-state index is 13.8. The van der Waals surface area contributed by atoms with Gasteiger partial charge in [-0.15, -0.1) is 0 Å². The number of fused-ring (bicyclic) bond motifs is 1. The Labute approximate surface area is 238 Å². The number of thiazole rings is 1. The zero-order chi connectivity index (χ0) is 28.9. The van der Waals surface area contributed by atoms with E-state index in [2.05, 4.69) is 4.99 Å². The number of hydrogen-bond acceptors (Lipinski definition) is 10. The third-order valence-electron chi connectivity index (χ3n) is 6.32. The molecule has 41 heavy (non-hydrogen) atoms. The van der Waals surface area contributed by atoms with E-state index in [-0.39, 0.29) is 35.9 Å². The standard InChI is InChI=1S/C30H26N2O8S/c1-18-25(29(35)39-16-15-36-2)26(19-10-12-21(13-11-19)40-28(34)23-9-6-14-38-23)32-27(33)24(41-30(32)31-18)17-20-7-4-5-8-22(20)37-3/h4-14,17,26H,15-16H2,1-3H3/b24-17-/t26-/m0/s1. The number of esters is 2. The van der Waals surface area contributed by atoms with Gasteiger partial charge in [-0.05, 0) is 48.9 Å². The van der Waals surface area contributed by atoms with E-state index in [4.69, 9.17) is 23.4 Å². The fourth-order valence-corrected chi connectivity index (χ4v) is 5.43. The molecule has 4 aromatic rings. The zero-order valence-corrected chi connectivity index (χ0v) is 23.3. The minimum Gasteiger partial charge on any atom is -0.496 e. The fraction of sp³-hybridized carbons (Fsp3) is 0.200. The van der Waals surface area contributed by atoms with Crippen molar-refractivity contribution in [3.05, 3.63) is 115 Å². The first kappa shape index (κ1) is 27.8. The predicted molar refractivity (Wildman–Crippen MR) is 150 cm³/mol. The van der Waals surface area contributed by atoms with E-state index in [0.717, 1.165) is 5.56 Å². The molecule has 0 bridgehead atoms. The summed E-state index contributed by atoms with van der Waals surface area (Å²) in [6.45, 7) is 1.97. The smallest absolute Gasteiger partial charge is 0.379 e. The largest absolute Gasteiger partial charge is 0.496 e. The predicted octanol–water partition coefficient (Wildman–Crippen LogP) is 3.25. The highest BCUT2D eigenvalue weighted by Gasteiger charge is 2.33. The van der Waals surface area contributed by atoms with Gasteiger partial charge < -0.3 is 23.4 Å². The van der Waals surface area contributed by atoms with Crippen LogP contribution in [0, 0.1) is 0 Å². The van der Waals surface area contributed by atoms with Gasteiger partial charge in [0, 0.05) is 12.7 Å². The van der Waals surface area contributed by atoms with Crippen LogP contribution in [-0.2, 0) is 14.3 Å². The molecular weight excluding hydrogens is 548 g/mol. The Kier molecular flexibility index (Phi) is 8.27. The maximum atomic E-state index is 13.8. The van der Waals surface area contributed by atoms with E-state index in [1.807, 2.05) is 24.3 Å². The Hall–Kier alpha value is -4.74. The highest BCUT2D eigenvalue weighted by atomic mass is 32.1. The molecular formula is C30H26N2O8S. The van der Waals surface area contributed by atoms with Crippen molar-refractivity contribution in [3.63, 3.8) is 0 Å². The third-order valence-corrected chi connectivity index (χ3v) is 7.30. The monoisotopic (exact) mass is 574 g/mol. The second-order valence-corrected chi connectivity index (χ2v) is 9.90. The Morgan fingerprint density at radius 1 is 1.02 bits per heavy atom. The van der Waals surface area contributed by atoms with Crippen molar-refractivity contribution in [1.82, 2.24) is 4.57 Å². The molecule has 0 aliphatic carbocycles. The van der Waals surface area contributed by atoms with E-state index in [9.17, 15) is 14.4 Å². The van der Waals surface area contributed by atoms with Crippen molar-refractivity contribution >= 4 is 29.4 Å². The highest BCUT2D eigenvalue weighted by molar-refractivity contribution is 7.07. The van der Waals surface area contributed by atoms with Gasteiger partial charge in [-0.2, -0.15) is 0 Å². The summed E-state index contributed by atoms with van der Waals surface area (Å²) in [6, 6.07) is 16.2. The van der Waals surface area contributed by atoms with Crippen LogP contribution in [0.15, 0.2) is 92.4 Å². The van der Waals surface area contributed by atoms with E-state index in [0.29, 0.717) is 26.3 Å². The summed E-state index contributed by atoms with van der Waals surface area (Å²) < 4.78 is 28.3. The van der Waals surface area contributed by atoms with Gasteiger partial charge in [0.2, 0.25) is 5.76 Å².